The highest BCUT2D eigenvalue weighted by atomic mass is 16.5. The van der Waals surface area contributed by atoms with Gasteiger partial charge in [0, 0.05) is 6.61 Å². The molecule has 0 unspecified atom stereocenters. The minimum atomic E-state index is 0.163. The summed E-state index contributed by atoms with van der Waals surface area (Å²) in [5.41, 5.74) is 0.163. The number of hydrogen-bond donors (Lipinski definition) is 0. The van der Waals surface area contributed by atoms with E-state index in [0.717, 1.165) is 6.61 Å². The Morgan fingerprint density at radius 2 is 1.54 bits per heavy atom. The van der Waals surface area contributed by atoms with E-state index in [0.29, 0.717) is 11.8 Å². The van der Waals surface area contributed by atoms with E-state index in [2.05, 4.69) is 27.7 Å². The molecule has 0 aromatic rings. The van der Waals surface area contributed by atoms with E-state index in [4.69, 9.17) is 4.74 Å². The molecule has 0 atom stereocenters. The van der Waals surface area contributed by atoms with Crippen LogP contribution < -0.4 is 0 Å². The second-order valence-corrected chi connectivity index (χ2v) is 4.92. The molecule has 0 amide bonds. The van der Waals surface area contributed by atoms with Gasteiger partial charge >= 0.3 is 0 Å². The summed E-state index contributed by atoms with van der Waals surface area (Å²) >= 11 is 0. The van der Waals surface area contributed by atoms with Gasteiger partial charge in [0.2, 0.25) is 0 Å². The van der Waals surface area contributed by atoms with Crippen LogP contribution in [0.15, 0.2) is 0 Å². The molecule has 1 nitrogen and oxygen atoms in total. The molecule has 1 rings (SSSR count). The molecule has 0 N–H and O–H groups in total. The fourth-order valence-electron chi connectivity index (χ4n) is 2.59. The first kappa shape index (κ1) is 11.0. The molecule has 0 aromatic heterocycles. The van der Waals surface area contributed by atoms with Gasteiger partial charge in [0.1, 0.15) is 0 Å². The Morgan fingerprint density at radius 1 is 0.923 bits per heavy atom. The van der Waals surface area contributed by atoms with Crippen LogP contribution in [-0.4, -0.2) is 12.2 Å². The van der Waals surface area contributed by atoms with Crippen LogP contribution in [0.5, 0.6) is 0 Å². The van der Waals surface area contributed by atoms with Crippen molar-refractivity contribution in [3.8, 4) is 0 Å². The van der Waals surface area contributed by atoms with Crippen molar-refractivity contribution in [2.75, 3.05) is 6.61 Å². The first-order valence-corrected chi connectivity index (χ1v) is 5.73. The summed E-state index contributed by atoms with van der Waals surface area (Å²) in [4.78, 5) is 0. The van der Waals surface area contributed by atoms with Gasteiger partial charge in [-0.2, -0.15) is 0 Å². The Kier molecular flexibility index (Phi) is 3.78. The van der Waals surface area contributed by atoms with Crippen molar-refractivity contribution in [3.63, 3.8) is 0 Å². The van der Waals surface area contributed by atoms with Gasteiger partial charge < -0.3 is 4.74 Å². The summed E-state index contributed by atoms with van der Waals surface area (Å²) in [6.07, 6.45) is 5.20. The summed E-state index contributed by atoms with van der Waals surface area (Å²) in [6.45, 7) is 10.2. The molecule has 0 radical (unpaired) electrons. The molecule has 13 heavy (non-hydrogen) atoms. The van der Waals surface area contributed by atoms with Crippen molar-refractivity contribution in [2.45, 2.75) is 59.0 Å². The first-order chi connectivity index (χ1) is 6.09. The molecule has 0 aliphatic carbocycles. The Balaban J connectivity index is 2.74. The highest BCUT2D eigenvalue weighted by molar-refractivity contribution is 4.88. The molecular weight excluding hydrogens is 160 g/mol. The average molecular weight is 184 g/mol. The van der Waals surface area contributed by atoms with Gasteiger partial charge in [-0.3, -0.25) is 0 Å². The molecule has 78 valence electrons. The highest BCUT2D eigenvalue weighted by Crippen LogP contribution is 2.37. The maximum atomic E-state index is 6.11. The lowest BCUT2D eigenvalue weighted by molar-refractivity contribution is -0.108. The predicted octanol–water partition coefficient (Wildman–Crippen LogP) is 3.63. The Bertz CT molecular complexity index is 131. The minimum Gasteiger partial charge on any atom is -0.374 e. The topological polar surface area (TPSA) is 9.23 Å². The van der Waals surface area contributed by atoms with E-state index >= 15 is 0 Å². The van der Waals surface area contributed by atoms with E-state index in [-0.39, 0.29) is 5.60 Å². The standard InChI is InChI=1S/C12H24O/c1-10(2)12(11(3)4)8-6-5-7-9-13-12/h10-11H,5-9H2,1-4H3. The van der Waals surface area contributed by atoms with Crippen LogP contribution in [0.2, 0.25) is 0 Å². The van der Waals surface area contributed by atoms with E-state index in [1.54, 1.807) is 0 Å². The Labute approximate surface area is 82.9 Å². The zero-order valence-corrected chi connectivity index (χ0v) is 9.60. The fourth-order valence-corrected chi connectivity index (χ4v) is 2.59. The Morgan fingerprint density at radius 3 is 2.08 bits per heavy atom. The molecule has 1 saturated heterocycles. The van der Waals surface area contributed by atoms with E-state index < -0.39 is 0 Å². The van der Waals surface area contributed by atoms with Crippen LogP contribution in [0.1, 0.15) is 53.4 Å². The van der Waals surface area contributed by atoms with Crippen molar-refractivity contribution < 1.29 is 4.74 Å². The first-order valence-electron chi connectivity index (χ1n) is 5.73. The van der Waals surface area contributed by atoms with Crippen LogP contribution in [0.4, 0.5) is 0 Å². The van der Waals surface area contributed by atoms with Crippen LogP contribution in [0.3, 0.4) is 0 Å². The van der Waals surface area contributed by atoms with Crippen molar-refractivity contribution in [2.24, 2.45) is 11.8 Å². The van der Waals surface area contributed by atoms with Crippen LogP contribution in [-0.2, 0) is 4.74 Å². The average Bonchev–Trinajstić information content (AvgIpc) is 2.28. The fraction of sp³-hybridized carbons (Fsp3) is 1.00. The second-order valence-electron chi connectivity index (χ2n) is 4.92. The van der Waals surface area contributed by atoms with Gasteiger partial charge in [0.25, 0.3) is 0 Å². The molecule has 1 aliphatic heterocycles. The van der Waals surface area contributed by atoms with E-state index in [1.165, 1.54) is 25.7 Å². The molecular formula is C12H24O. The quantitative estimate of drug-likeness (QED) is 0.637. The zero-order valence-electron chi connectivity index (χ0n) is 9.60. The lowest BCUT2D eigenvalue weighted by Crippen LogP contribution is -2.43. The number of ether oxygens (including phenoxy) is 1. The lowest BCUT2D eigenvalue weighted by atomic mass is 9.77. The smallest absolute Gasteiger partial charge is 0.0728 e. The van der Waals surface area contributed by atoms with Crippen molar-refractivity contribution in [1.82, 2.24) is 0 Å². The lowest BCUT2D eigenvalue weighted by Gasteiger charge is -2.40. The minimum absolute atomic E-state index is 0.163. The van der Waals surface area contributed by atoms with Crippen LogP contribution in [0, 0.1) is 11.8 Å². The largest absolute Gasteiger partial charge is 0.374 e. The molecule has 1 fully saturated rings. The third-order valence-electron chi connectivity index (χ3n) is 3.54. The molecule has 1 heterocycles. The van der Waals surface area contributed by atoms with E-state index in [1.807, 2.05) is 0 Å². The van der Waals surface area contributed by atoms with Gasteiger partial charge in [-0.15, -0.1) is 0 Å². The highest BCUT2D eigenvalue weighted by Gasteiger charge is 2.38. The van der Waals surface area contributed by atoms with Crippen LogP contribution >= 0.6 is 0 Å². The van der Waals surface area contributed by atoms with Gasteiger partial charge in [0.15, 0.2) is 0 Å². The third-order valence-corrected chi connectivity index (χ3v) is 3.54. The van der Waals surface area contributed by atoms with E-state index in [9.17, 15) is 0 Å². The molecule has 0 aromatic carbocycles. The summed E-state index contributed by atoms with van der Waals surface area (Å²) in [6, 6.07) is 0. The predicted molar refractivity (Wildman–Crippen MR) is 56.8 cm³/mol. The van der Waals surface area contributed by atoms with Gasteiger partial charge in [-0.1, -0.05) is 40.5 Å². The second kappa shape index (κ2) is 4.45. The maximum Gasteiger partial charge on any atom is 0.0728 e. The van der Waals surface area contributed by atoms with Gasteiger partial charge in [0.05, 0.1) is 5.60 Å². The number of hydrogen-bond acceptors (Lipinski definition) is 1. The molecule has 1 aliphatic rings. The van der Waals surface area contributed by atoms with Crippen molar-refractivity contribution >= 4 is 0 Å². The van der Waals surface area contributed by atoms with Gasteiger partial charge in [-0.05, 0) is 24.7 Å². The zero-order chi connectivity index (χ0) is 9.90. The summed E-state index contributed by atoms with van der Waals surface area (Å²) in [7, 11) is 0. The third kappa shape index (κ3) is 2.25. The van der Waals surface area contributed by atoms with Crippen molar-refractivity contribution in [3.05, 3.63) is 0 Å². The molecule has 0 spiro atoms. The van der Waals surface area contributed by atoms with Crippen molar-refractivity contribution in [1.29, 1.82) is 0 Å². The normalized spacial score (nSPS) is 23.5. The molecule has 0 saturated carbocycles. The van der Waals surface area contributed by atoms with Crippen LogP contribution in [0.25, 0.3) is 0 Å². The summed E-state index contributed by atoms with van der Waals surface area (Å²) in [5.74, 6) is 1.29. The maximum absolute atomic E-state index is 6.11. The molecule has 1 heteroatoms. The number of rotatable bonds is 2. The SMILES string of the molecule is CC(C)C1(C(C)C)CCCCCO1. The summed E-state index contributed by atoms with van der Waals surface area (Å²) < 4.78 is 6.11. The summed E-state index contributed by atoms with van der Waals surface area (Å²) in [5, 5.41) is 0. The Hall–Kier alpha value is -0.0400. The molecule has 0 bridgehead atoms. The van der Waals surface area contributed by atoms with Gasteiger partial charge in [-0.25, -0.2) is 0 Å². The monoisotopic (exact) mass is 184 g/mol.